The molecule has 0 aliphatic carbocycles. The Morgan fingerprint density at radius 2 is 2.21 bits per heavy atom. The molecule has 1 atom stereocenters. The first kappa shape index (κ1) is 18.1. The summed E-state index contributed by atoms with van der Waals surface area (Å²) in [6, 6.07) is 7.09. The van der Waals surface area contributed by atoms with Crippen LogP contribution in [0, 0.1) is 6.92 Å². The van der Waals surface area contributed by atoms with E-state index >= 15 is 0 Å². The van der Waals surface area contributed by atoms with Gasteiger partial charge in [-0.05, 0) is 31.9 Å². The maximum absolute atomic E-state index is 12.9. The number of rotatable bonds is 4. The third-order valence-electron chi connectivity index (χ3n) is 4.74. The number of H-pyrrole nitrogens is 1. The average molecular weight is 381 g/mol. The Morgan fingerprint density at radius 3 is 2.93 bits per heavy atom. The van der Waals surface area contributed by atoms with E-state index < -0.39 is 0 Å². The summed E-state index contributed by atoms with van der Waals surface area (Å²) in [5, 5.41) is 14.0. The van der Waals surface area contributed by atoms with E-state index in [1.165, 1.54) is 0 Å². The zero-order valence-electron chi connectivity index (χ0n) is 16.1. The molecule has 4 rings (SSSR count). The molecule has 1 saturated heterocycles. The Hall–Kier alpha value is -3.23. The number of aryl methyl sites for hydroxylation is 1. The Labute approximate surface area is 162 Å². The third kappa shape index (κ3) is 3.60. The van der Waals surface area contributed by atoms with E-state index in [4.69, 9.17) is 4.52 Å². The highest BCUT2D eigenvalue weighted by Crippen LogP contribution is 2.32. The maximum Gasteiger partial charge on any atom is 0.322 e. The third-order valence-corrected chi connectivity index (χ3v) is 4.74. The van der Waals surface area contributed by atoms with Crippen LogP contribution in [0.15, 0.2) is 28.8 Å². The fourth-order valence-electron chi connectivity index (χ4n) is 3.29. The van der Waals surface area contributed by atoms with Crippen LogP contribution in [0.5, 0.6) is 0 Å². The molecule has 146 valence electrons. The van der Waals surface area contributed by atoms with Gasteiger partial charge in [0.15, 0.2) is 11.6 Å². The minimum Gasteiger partial charge on any atom is -0.337 e. The Balaban J connectivity index is 1.49. The van der Waals surface area contributed by atoms with Gasteiger partial charge < -0.3 is 14.7 Å². The van der Waals surface area contributed by atoms with Crippen LogP contribution in [0.1, 0.15) is 56.2 Å². The minimum atomic E-state index is -0.196. The highest BCUT2D eigenvalue weighted by Gasteiger charge is 2.34. The lowest BCUT2D eigenvalue weighted by molar-refractivity contribution is 0.193. The molecule has 0 saturated carbocycles. The summed E-state index contributed by atoms with van der Waals surface area (Å²) in [5.74, 6) is 2.69. The lowest BCUT2D eigenvalue weighted by Crippen LogP contribution is -2.34. The number of nitrogens with one attached hydrogen (secondary N) is 2. The molecule has 28 heavy (non-hydrogen) atoms. The molecule has 0 spiro atoms. The van der Waals surface area contributed by atoms with E-state index in [0.29, 0.717) is 29.8 Å². The number of carbonyl (C=O) groups excluding carboxylic acids is 1. The summed E-state index contributed by atoms with van der Waals surface area (Å²) in [6.07, 6.45) is 1.71. The molecule has 9 heteroatoms. The van der Waals surface area contributed by atoms with Crippen molar-refractivity contribution in [1.82, 2.24) is 30.2 Å². The molecule has 3 aromatic rings. The summed E-state index contributed by atoms with van der Waals surface area (Å²) in [4.78, 5) is 23.4. The fourth-order valence-corrected chi connectivity index (χ4v) is 3.29. The zero-order valence-corrected chi connectivity index (χ0v) is 16.1. The van der Waals surface area contributed by atoms with Gasteiger partial charge in [-0.1, -0.05) is 31.1 Å². The highest BCUT2D eigenvalue weighted by atomic mass is 16.5. The van der Waals surface area contributed by atoms with Crippen LogP contribution >= 0.6 is 0 Å². The van der Waals surface area contributed by atoms with Gasteiger partial charge in [0.25, 0.3) is 0 Å². The number of likely N-dealkylation sites (tertiary alicyclic amines) is 1. The van der Waals surface area contributed by atoms with Gasteiger partial charge in [-0.25, -0.2) is 9.78 Å². The van der Waals surface area contributed by atoms with Crippen molar-refractivity contribution in [3.63, 3.8) is 0 Å². The van der Waals surface area contributed by atoms with Crippen LogP contribution in [0.25, 0.3) is 11.4 Å². The van der Waals surface area contributed by atoms with Crippen molar-refractivity contribution in [2.75, 3.05) is 11.9 Å². The molecule has 9 nitrogen and oxygen atoms in total. The molecule has 0 unspecified atom stereocenters. The molecule has 1 aliphatic rings. The second kappa shape index (κ2) is 7.41. The SMILES string of the molecule is Cc1nc(-c2cccc(NC(=O)N3CCC[C@H]3c3nc(C(C)C)no3)c2)n[nH]1. The molecule has 0 bridgehead atoms. The van der Waals surface area contributed by atoms with Crippen molar-refractivity contribution < 1.29 is 9.32 Å². The number of aromatic amines is 1. The monoisotopic (exact) mass is 381 g/mol. The quantitative estimate of drug-likeness (QED) is 0.713. The molecule has 1 aromatic carbocycles. The number of aromatic nitrogens is 5. The molecule has 1 fully saturated rings. The number of urea groups is 1. The summed E-state index contributed by atoms with van der Waals surface area (Å²) in [7, 11) is 0. The summed E-state index contributed by atoms with van der Waals surface area (Å²) < 4.78 is 5.42. The fraction of sp³-hybridized carbons (Fsp3) is 0.421. The van der Waals surface area contributed by atoms with Crippen molar-refractivity contribution in [3.8, 4) is 11.4 Å². The van der Waals surface area contributed by atoms with Gasteiger partial charge in [-0.15, -0.1) is 0 Å². The molecular formula is C19H23N7O2. The van der Waals surface area contributed by atoms with Gasteiger partial charge in [0.1, 0.15) is 11.9 Å². The number of hydrogen-bond donors (Lipinski definition) is 2. The predicted octanol–water partition coefficient (Wildman–Crippen LogP) is 3.66. The van der Waals surface area contributed by atoms with Gasteiger partial charge in [0, 0.05) is 23.7 Å². The second-order valence-corrected chi connectivity index (χ2v) is 7.25. The zero-order chi connectivity index (χ0) is 19.7. The maximum atomic E-state index is 12.9. The number of amides is 2. The van der Waals surface area contributed by atoms with Crippen molar-refractivity contribution in [2.45, 2.75) is 45.6 Å². The Morgan fingerprint density at radius 1 is 1.36 bits per heavy atom. The van der Waals surface area contributed by atoms with Gasteiger partial charge in [0.2, 0.25) is 5.89 Å². The predicted molar refractivity (Wildman–Crippen MR) is 103 cm³/mol. The normalized spacial score (nSPS) is 16.7. The van der Waals surface area contributed by atoms with Crippen molar-refractivity contribution in [1.29, 1.82) is 0 Å². The summed E-state index contributed by atoms with van der Waals surface area (Å²) in [5.41, 5.74) is 1.52. The topological polar surface area (TPSA) is 113 Å². The Bertz CT molecular complexity index is 978. The number of benzene rings is 1. The largest absolute Gasteiger partial charge is 0.337 e. The lowest BCUT2D eigenvalue weighted by atomic mass is 10.2. The summed E-state index contributed by atoms with van der Waals surface area (Å²) in [6.45, 7) is 6.51. The second-order valence-electron chi connectivity index (χ2n) is 7.25. The molecule has 2 aromatic heterocycles. The average Bonchev–Trinajstić information content (AvgIpc) is 3.41. The first-order valence-electron chi connectivity index (χ1n) is 9.42. The van der Waals surface area contributed by atoms with E-state index in [2.05, 4.69) is 30.6 Å². The minimum absolute atomic E-state index is 0.184. The van der Waals surface area contributed by atoms with Gasteiger partial charge in [0.05, 0.1) is 0 Å². The van der Waals surface area contributed by atoms with E-state index in [-0.39, 0.29) is 18.0 Å². The molecule has 3 heterocycles. The van der Waals surface area contributed by atoms with Crippen LogP contribution < -0.4 is 5.32 Å². The van der Waals surface area contributed by atoms with Gasteiger partial charge in [-0.3, -0.25) is 5.10 Å². The number of carbonyl (C=O) groups is 1. The molecule has 2 N–H and O–H groups in total. The summed E-state index contributed by atoms with van der Waals surface area (Å²) >= 11 is 0. The van der Waals surface area contributed by atoms with Crippen LogP contribution in [-0.4, -0.2) is 42.8 Å². The number of anilines is 1. The molecular weight excluding hydrogens is 358 g/mol. The van der Waals surface area contributed by atoms with E-state index in [1.807, 2.05) is 45.0 Å². The molecule has 2 amide bonds. The van der Waals surface area contributed by atoms with E-state index in [1.54, 1.807) is 4.90 Å². The van der Waals surface area contributed by atoms with Crippen molar-refractivity contribution in [3.05, 3.63) is 41.8 Å². The van der Waals surface area contributed by atoms with Gasteiger partial charge >= 0.3 is 6.03 Å². The number of hydrogen-bond acceptors (Lipinski definition) is 6. The van der Waals surface area contributed by atoms with E-state index in [9.17, 15) is 4.79 Å². The van der Waals surface area contributed by atoms with Crippen LogP contribution in [-0.2, 0) is 0 Å². The van der Waals surface area contributed by atoms with E-state index in [0.717, 1.165) is 24.2 Å². The molecule has 0 radical (unpaired) electrons. The number of nitrogens with zero attached hydrogens (tertiary/aromatic N) is 5. The first-order valence-corrected chi connectivity index (χ1v) is 9.42. The Kier molecular flexibility index (Phi) is 4.81. The van der Waals surface area contributed by atoms with Crippen molar-refractivity contribution in [2.24, 2.45) is 0 Å². The van der Waals surface area contributed by atoms with Crippen LogP contribution in [0.3, 0.4) is 0 Å². The van der Waals surface area contributed by atoms with Crippen molar-refractivity contribution >= 4 is 11.7 Å². The van der Waals surface area contributed by atoms with Gasteiger partial charge in [-0.2, -0.15) is 10.1 Å². The first-order chi connectivity index (χ1) is 13.5. The lowest BCUT2D eigenvalue weighted by Gasteiger charge is -2.22. The smallest absolute Gasteiger partial charge is 0.322 e. The highest BCUT2D eigenvalue weighted by molar-refractivity contribution is 5.90. The van der Waals surface area contributed by atoms with Crippen LogP contribution in [0.2, 0.25) is 0 Å². The van der Waals surface area contributed by atoms with Crippen LogP contribution in [0.4, 0.5) is 10.5 Å². The molecule has 1 aliphatic heterocycles. The standard InChI is InChI=1S/C19H23N7O2/c1-11(2)16-22-18(28-25-16)15-8-5-9-26(15)19(27)21-14-7-4-6-13(10-14)17-20-12(3)23-24-17/h4,6-7,10-11,15H,5,8-9H2,1-3H3,(H,21,27)(H,20,23,24)/t15-/m0/s1.